The fourth-order valence-electron chi connectivity index (χ4n) is 0.225. The molecule has 4 heteroatoms. The first-order chi connectivity index (χ1) is 3.30. The van der Waals surface area contributed by atoms with Crippen LogP contribution in [0.4, 0.5) is 0 Å². The molecule has 1 rings (SSSR count). The normalized spacial score (nSPS) is 18.9. The van der Waals surface area contributed by atoms with E-state index in [4.69, 9.17) is 0 Å². The molecule has 1 aliphatic rings. The van der Waals surface area contributed by atoms with E-state index < -0.39 is 0 Å². The van der Waals surface area contributed by atoms with Gasteiger partial charge in [0.05, 0.1) is 5.55 Å². The minimum absolute atomic E-state index is 0.116. The van der Waals surface area contributed by atoms with E-state index in [0.29, 0.717) is 0 Å². The molecule has 0 saturated carbocycles. The van der Waals surface area contributed by atoms with E-state index in [1.807, 2.05) is 0 Å². The van der Waals surface area contributed by atoms with Gasteiger partial charge >= 0.3 is 0 Å². The van der Waals surface area contributed by atoms with Crippen LogP contribution >= 0.6 is 24.0 Å². The summed E-state index contributed by atoms with van der Waals surface area (Å²) in [5, 5.41) is -0.116. The lowest BCUT2D eigenvalue weighted by Crippen LogP contribution is -1.94. The molecule has 0 fully saturated rings. The number of hydrogen-bond donors (Lipinski definition) is 0. The molecular formula is C3HNOS2. The molecule has 0 aromatic heterocycles. The van der Waals surface area contributed by atoms with Crippen LogP contribution in [0.1, 0.15) is 0 Å². The Bertz CT molecular complexity index is 151. The van der Waals surface area contributed by atoms with Crippen LogP contribution < -0.4 is 0 Å². The minimum atomic E-state index is -0.116. The Morgan fingerprint density at radius 3 is 2.71 bits per heavy atom. The molecule has 2 nitrogen and oxygen atoms in total. The van der Waals surface area contributed by atoms with E-state index in [0.717, 1.165) is 11.8 Å². The van der Waals surface area contributed by atoms with E-state index in [1.165, 1.54) is 5.55 Å². The second-order valence-corrected chi connectivity index (χ2v) is 2.15. The standard InChI is InChI=1S/C3HNOS2/c5-3-2(6)4-1-7-3/h1H. The Morgan fingerprint density at radius 2 is 2.57 bits per heavy atom. The lowest BCUT2D eigenvalue weighted by atomic mass is 10.8. The summed E-state index contributed by atoms with van der Waals surface area (Å²) in [7, 11) is 0. The van der Waals surface area contributed by atoms with E-state index in [9.17, 15) is 4.79 Å². The van der Waals surface area contributed by atoms with Crippen molar-refractivity contribution in [3.8, 4) is 0 Å². The van der Waals surface area contributed by atoms with Crippen LogP contribution in [0.25, 0.3) is 0 Å². The van der Waals surface area contributed by atoms with Crippen LogP contribution in [0.3, 0.4) is 0 Å². The number of carbonyl (C=O) groups is 1. The van der Waals surface area contributed by atoms with Gasteiger partial charge in [-0.3, -0.25) is 4.79 Å². The second kappa shape index (κ2) is 1.71. The average molecular weight is 131 g/mol. The highest BCUT2D eigenvalue weighted by Gasteiger charge is 2.11. The van der Waals surface area contributed by atoms with Crippen LogP contribution in [0.2, 0.25) is 0 Å². The first kappa shape index (κ1) is 4.93. The van der Waals surface area contributed by atoms with E-state index in [-0.39, 0.29) is 10.1 Å². The number of carbonyl (C=O) groups excluding carboxylic acids is 1. The van der Waals surface area contributed by atoms with Crippen LogP contribution in [0, 0.1) is 0 Å². The topological polar surface area (TPSA) is 29.4 Å². The number of hydrogen-bond acceptors (Lipinski definition) is 3. The van der Waals surface area contributed by atoms with Gasteiger partial charge in [0, 0.05) is 0 Å². The zero-order valence-corrected chi connectivity index (χ0v) is 4.88. The van der Waals surface area contributed by atoms with Gasteiger partial charge in [0.1, 0.15) is 0 Å². The molecule has 0 amide bonds. The van der Waals surface area contributed by atoms with Gasteiger partial charge in [-0.2, -0.15) is 0 Å². The molecule has 0 atom stereocenters. The maximum absolute atomic E-state index is 10.3. The van der Waals surface area contributed by atoms with E-state index in [2.05, 4.69) is 17.2 Å². The van der Waals surface area contributed by atoms with Crippen molar-refractivity contribution in [2.75, 3.05) is 0 Å². The third-order valence-corrected chi connectivity index (χ3v) is 1.54. The third-order valence-electron chi connectivity index (χ3n) is 0.504. The van der Waals surface area contributed by atoms with Gasteiger partial charge < -0.3 is 0 Å². The lowest BCUT2D eigenvalue weighted by Gasteiger charge is -1.74. The van der Waals surface area contributed by atoms with Crippen molar-refractivity contribution in [2.24, 2.45) is 4.99 Å². The quantitative estimate of drug-likeness (QED) is 0.451. The van der Waals surface area contributed by atoms with Crippen molar-refractivity contribution in [2.45, 2.75) is 0 Å². The van der Waals surface area contributed by atoms with Gasteiger partial charge in [-0.05, 0) is 11.8 Å². The van der Waals surface area contributed by atoms with Gasteiger partial charge in [-0.1, -0.05) is 12.2 Å². The maximum Gasteiger partial charge on any atom is 0.254 e. The van der Waals surface area contributed by atoms with E-state index >= 15 is 0 Å². The van der Waals surface area contributed by atoms with Crippen LogP contribution in [-0.4, -0.2) is 15.7 Å². The van der Waals surface area contributed by atoms with Gasteiger partial charge in [0.25, 0.3) is 5.12 Å². The van der Waals surface area contributed by atoms with Crippen molar-refractivity contribution in [1.29, 1.82) is 0 Å². The van der Waals surface area contributed by atoms with E-state index in [1.54, 1.807) is 0 Å². The molecule has 0 aromatic rings. The zero-order valence-electron chi connectivity index (χ0n) is 3.25. The van der Waals surface area contributed by atoms with Crippen LogP contribution in [0.15, 0.2) is 4.99 Å². The first-order valence-electron chi connectivity index (χ1n) is 1.58. The Hall–Kier alpha value is -0.220. The second-order valence-electron chi connectivity index (χ2n) is 0.945. The molecule has 1 aliphatic heterocycles. The van der Waals surface area contributed by atoms with Gasteiger partial charge in [0.15, 0.2) is 4.99 Å². The predicted octanol–water partition coefficient (Wildman–Crippen LogP) is 0.616. The summed E-state index contributed by atoms with van der Waals surface area (Å²) in [5.74, 6) is 0. The molecule has 0 radical (unpaired) electrons. The summed E-state index contributed by atoms with van der Waals surface area (Å²) in [6.07, 6.45) is 0. The molecule has 0 saturated heterocycles. The summed E-state index contributed by atoms with van der Waals surface area (Å²) >= 11 is 5.51. The highest BCUT2D eigenvalue weighted by Crippen LogP contribution is 2.07. The summed E-state index contributed by atoms with van der Waals surface area (Å²) in [4.78, 5) is 14.0. The largest absolute Gasteiger partial charge is 0.278 e. The molecule has 7 heavy (non-hydrogen) atoms. The maximum atomic E-state index is 10.3. The molecule has 0 bridgehead atoms. The molecule has 0 aromatic carbocycles. The average Bonchev–Trinajstić information content (AvgIpc) is 1.91. The van der Waals surface area contributed by atoms with Gasteiger partial charge in [-0.15, -0.1) is 0 Å². The van der Waals surface area contributed by atoms with Crippen molar-refractivity contribution in [1.82, 2.24) is 0 Å². The fraction of sp³-hybridized carbons (Fsp3) is 0. The van der Waals surface area contributed by atoms with Crippen molar-refractivity contribution < 1.29 is 4.79 Å². The minimum Gasteiger partial charge on any atom is -0.278 e. The SMILES string of the molecule is O=C1SC=NC1=S. The van der Waals surface area contributed by atoms with Gasteiger partial charge in [-0.25, -0.2) is 4.99 Å². The Balaban J connectivity index is 2.81. The molecule has 0 unspecified atom stereocenters. The summed E-state index contributed by atoms with van der Waals surface area (Å²) in [6.45, 7) is 0. The van der Waals surface area contributed by atoms with Crippen LogP contribution in [0.5, 0.6) is 0 Å². The third kappa shape index (κ3) is 0.863. The number of thioether (sulfide) groups is 1. The number of nitrogens with zero attached hydrogens (tertiary/aromatic N) is 1. The summed E-state index contributed by atoms with van der Waals surface area (Å²) < 4.78 is 0. The first-order valence-corrected chi connectivity index (χ1v) is 2.87. The Labute approximate surface area is 50.0 Å². The molecule has 0 spiro atoms. The van der Waals surface area contributed by atoms with Crippen molar-refractivity contribution >= 4 is 39.6 Å². The predicted molar refractivity (Wildman–Crippen MR) is 33.7 cm³/mol. The molecule has 0 N–H and O–H groups in total. The number of thiocarbonyl (C=S) groups is 1. The smallest absolute Gasteiger partial charge is 0.254 e. The highest BCUT2D eigenvalue weighted by molar-refractivity contribution is 8.28. The fourth-order valence-corrected chi connectivity index (χ4v) is 0.896. The highest BCUT2D eigenvalue weighted by atomic mass is 32.2. The Kier molecular flexibility index (Phi) is 1.21. The monoisotopic (exact) mass is 131 g/mol. The number of rotatable bonds is 0. The van der Waals surface area contributed by atoms with Crippen molar-refractivity contribution in [3.05, 3.63) is 0 Å². The van der Waals surface area contributed by atoms with Crippen LogP contribution in [-0.2, 0) is 4.79 Å². The lowest BCUT2D eigenvalue weighted by molar-refractivity contribution is -0.105. The van der Waals surface area contributed by atoms with Crippen molar-refractivity contribution in [3.63, 3.8) is 0 Å². The molecule has 1 heterocycles. The summed E-state index contributed by atoms with van der Waals surface area (Å²) in [6, 6.07) is 0. The zero-order chi connectivity index (χ0) is 5.28. The molecule has 36 valence electrons. The molecular weight excluding hydrogens is 130 g/mol. The Morgan fingerprint density at radius 1 is 1.86 bits per heavy atom. The summed E-state index contributed by atoms with van der Waals surface area (Å²) in [5.41, 5.74) is 1.45. The number of aliphatic imine (C=N–C) groups is 1. The molecule has 0 aliphatic carbocycles. The van der Waals surface area contributed by atoms with Gasteiger partial charge in [0.2, 0.25) is 0 Å².